The number of carbonyl (C=O) groups excluding carboxylic acids is 8. The zero-order chi connectivity index (χ0) is 49.6. The number of hydrogen-bond donors (Lipinski definition) is 12. The Kier molecular flexibility index (Phi) is 25.7. The van der Waals surface area contributed by atoms with Crippen molar-refractivity contribution in [3.8, 4) is 0 Å². The fourth-order valence-corrected chi connectivity index (χ4v) is 7.04. The standard InChI is InChI=1S/C42H76N12O11/c1-10-15-26(35(58)51-32(23(6)11-2)37(60)49-27(16-13-18-46-42(43)44)40(63)54-19-14-17-28(54)41(64)65)48-39(62)34(25(8)55)53-38(61)33(24(7)12-3)52-36(59)31(22(4)5)50-30(57)21-47-29(56)20-45-9/h22-28,31-34,45,55H,10-21H2,1-9H3,(H,47,56)(H,48,62)(H,49,60)(H,50,57)(H,51,58)(H,52,59)(H,53,61)(H,64,65)(H4,43,44,46)/t23-,24+,25+,26-,27-,28-,31-,32-,33+,34-/m0/s1. The molecule has 1 aliphatic heterocycles. The van der Waals surface area contributed by atoms with Gasteiger partial charge in [-0.15, -0.1) is 0 Å². The maximum Gasteiger partial charge on any atom is 0.326 e. The summed E-state index contributed by atoms with van der Waals surface area (Å²) in [7, 11) is 1.57. The van der Waals surface area contributed by atoms with Gasteiger partial charge < -0.3 is 69.1 Å². The molecule has 0 radical (unpaired) electrons. The number of guanidine groups is 1. The van der Waals surface area contributed by atoms with E-state index in [2.05, 4.69) is 47.5 Å². The molecule has 1 saturated heterocycles. The number of likely N-dealkylation sites (tertiary alicyclic amines) is 1. The monoisotopic (exact) mass is 925 g/mol. The van der Waals surface area contributed by atoms with Crippen molar-refractivity contribution in [3.05, 3.63) is 0 Å². The van der Waals surface area contributed by atoms with Crippen molar-refractivity contribution < 1.29 is 53.4 Å². The van der Waals surface area contributed by atoms with Crippen LogP contribution in [0.25, 0.3) is 0 Å². The molecule has 0 bridgehead atoms. The van der Waals surface area contributed by atoms with E-state index in [1.807, 2.05) is 0 Å². The van der Waals surface area contributed by atoms with Crippen LogP contribution < -0.4 is 54.0 Å². The molecule has 65 heavy (non-hydrogen) atoms. The predicted molar refractivity (Wildman–Crippen MR) is 241 cm³/mol. The van der Waals surface area contributed by atoms with Crippen LogP contribution in [0.5, 0.6) is 0 Å². The highest BCUT2D eigenvalue weighted by atomic mass is 16.4. The van der Waals surface area contributed by atoms with Gasteiger partial charge in [0.1, 0.15) is 42.3 Å². The molecular formula is C42H76N12O11. The number of hydrogen-bond acceptors (Lipinski definition) is 12. The van der Waals surface area contributed by atoms with Gasteiger partial charge >= 0.3 is 5.97 Å². The Morgan fingerprint density at radius 2 is 1.20 bits per heavy atom. The molecule has 0 spiro atoms. The van der Waals surface area contributed by atoms with Crippen molar-refractivity contribution in [2.24, 2.45) is 34.2 Å². The predicted octanol–water partition coefficient (Wildman–Crippen LogP) is -2.71. The topological polar surface area (TPSA) is 358 Å². The molecule has 14 N–H and O–H groups in total. The summed E-state index contributed by atoms with van der Waals surface area (Å²) in [5.41, 5.74) is 10.9. The van der Waals surface area contributed by atoms with E-state index >= 15 is 0 Å². The second-order valence-corrected chi connectivity index (χ2v) is 17.0. The third-order valence-corrected chi connectivity index (χ3v) is 11.3. The first-order valence-electron chi connectivity index (χ1n) is 22.5. The summed E-state index contributed by atoms with van der Waals surface area (Å²) in [6, 6.07) is -8.67. The average molecular weight is 925 g/mol. The molecule has 23 heteroatoms. The Morgan fingerprint density at radius 3 is 1.71 bits per heavy atom. The molecule has 10 atom stereocenters. The minimum Gasteiger partial charge on any atom is -0.480 e. The molecule has 0 aromatic rings. The van der Waals surface area contributed by atoms with Crippen LogP contribution in [0.3, 0.4) is 0 Å². The van der Waals surface area contributed by atoms with Crippen molar-refractivity contribution in [1.29, 1.82) is 0 Å². The number of aliphatic hydroxyl groups is 1. The van der Waals surface area contributed by atoms with Crippen molar-refractivity contribution in [3.63, 3.8) is 0 Å². The van der Waals surface area contributed by atoms with Gasteiger partial charge in [0.2, 0.25) is 47.3 Å². The Morgan fingerprint density at radius 1 is 0.677 bits per heavy atom. The number of nitrogens with zero attached hydrogens (tertiary/aromatic N) is 2. The van der Waals surface area contributed by atoms with Gasteiger partial charge in [0.15, 0.2) is 5.96 Å². The Balaban J connectivity index is 3.30. The van der Waals surface area contributed by atoms with E-state index in [-0.39, 0.29) is 57.8 Å². The first kappa shape index (κ1) is 57.4. The Hall–Kier alpha value is -5.58. The summed E-state index contributed by atoms with van der Waals surface area (Å²) >= 11 is 0. The highest BCUT2D eigenvalue weighted by Gasteiger charge is 2.40. The maximum atomic E-state index is 14.0. The molecule has 370 valence electrons. The molecule has 0 aliphatic carbocycles. The number of carboxylic acid groups (broad SMARTS) is 1. The van der Waals surface area contributed by atoms with Gasteiger partial charge in [-0.1, -0.05) is 67.7 Å². The van der Waals surface area contributed by atoms with Gasteiger partial charge in [-0.05, 0) is 63.8 Å². The summed E-state index contributed by atoms with van der Waals surface area (Å²) in [5.74, 6) is -8.35. The van der Waals surface area contributed by atoms with E-state index in [0.29, 0.717) is 25.7 Å². The summed E-state index contributed by atoms with van der Waals surface area (Å²) in [5, 5.41) is 41.4. The van der Waals surface area contributed by atoms with Crippen LogP contribution in [0.2, 0.25) is 0 Å². The third kappa shape index (κ3) is 19.2. The first-order chi connectivity index (χ1) is 30.5. The molecule has 1 aliphatic rings. The average Bonchev–Trinajstić information content (AvgIpc) is 3.75. The highest BCUT2D eigenvalue weighted by molar-refractivity contribution is 5.98. The number of aliphatic hydroxyl groups excluding tert-OH is 1. The Bertz CT molecular complexity index is 1660. The SMILES string of the molecule is CCC[C@H](NC(=O)[C@@H](NC(=O)[C@H](NC(=O)[C@@H](NC(=O)CNC(=O)CNC)C(C)C)[C@H](C)CC)[C@@H](C)O)C(=O)N[C@H](C(=O)N[C@@H](CCCN=C(N)N)C(=O)N1CCC[C@H]1C(=O)O)[C@@H](C)CC. The van der Waals surface area contributed by atoms with Gasteiger partial charge in [-0.2, -0.15) is 0 Å². The number of carbonyl (C=O) groups is 9. The summed E-state index contributed by atoms with van der Waals surface area (Å²) < 4.78 is 0. The Labute approximate surface area is 381 Å². The number of amides is 8. The normalized spacial score (nSPS) is 17.6. The van der Waals surface area contributed by atoms with Gasteiger partial charge in [0, 0.05) is 13.1 Å². The van der Waals surface area contributed by atoms with Gasteiger partial charge in [-0.3, -0.25) is 43.3 Å². The molecule has 0 unspecified atom stereocenters. The lowest BCUT2D eigenvalue weighted by Gasteiger charge is -2.31. The lowest BCUT2D eigenvalue weighted by atomic mass is 9.95. The van der Waals surface area contributed by atoms with E-state index in [1.54, 1.807) is 55.5 Å². The molecule has 0 aromatic heterocycles. The van der Waals surface area contributed by atoms with Crippen LogP contribution >= 0.6 is 0 Å². The smallest absolute Gasteiger partial charge is 0.326 e. The maximum absolute atomic E-state index is 14.0. The lowest BCUT2D eigenvalue weighted by Crippen LogP contribution is -2.63. The number of carboxylic acids is 1. The van der Waals surface area contributed by atoms with Crippen molar-refractivity contribution >= 4 is 59.2 Å². The number of aliphatic imine (C=N–C) groups is 1. The fraction of sp³-hybridized carbons (Fsp3) is 0.762. The van der Waals surface area contributed by atoms with Gasteiger partial charge in [0.05, 0.1) is 19.2 Å². The number of aliphatic carboxylic acids is 1. The molecule has 1 fully saturated rings. The van der Waals surface area contributed by atoms with Crippen molar-refractivity contribution in [1.82, 2.24) is 47.4 Å². The summed E-state index contributed by atoms with van der Waals surface area (Å²) in [4.78, 5) is 124. The van der Waals surface area contributed by atoms with E-state index in [9.17, 15) is 53.4 Å². The summed E-state index contributed by atoms with van der Waals surface area (Å²) in [6.45, 7) is 13.3. The molecule has 0 saturated carbocycles. The van der Waals surface area contributed by atoms with E-state index < -0.39 is 119 Å². The van der Waals surface area contributed by atoms with Gasteiger partial charge in [0.25, 0.3) is 0 Å². The van der Waals surface area contributed by atoms with Gasteiger partial charge in [-0.25, -0.2) is 4.79 Å². The largest absolute Gasteiger partial charge is 0.480 e. The van der Waals surface area contributed by atoms with E-state index in [4.69, 9.17) is 11.5 Å². The fourth-order valence-electron chi connectivity index (χ4n) is 7.04. The number of rotatable bonds is 29. The second-order valence-electron chi connectivity index (χ2n) is 17.0. The van der Waals surface area contributed by atoms with E-state index in [1.165, 1.54) is 11.8 Å². The zero-order valence-corrected chi connectivity index (χ0v) is 39.5. The molecule has 23 nitrogen and oxygen atoms in total. The van der Waals surface area contributed by atoms with Crippen LogP contribution in [0.4, 0.5) is 0 Å². The second kappa shape index (κ2) is 29.1. The lowest BCUT2D eigenvalue weighted by molar-refractivity contribution is -0.149. The molecule has 1 rings (SSSR count). The summed E-state index contributed by atoms with van der Waals surface area (Å²) in [6.07, 6.45) is 0.807. The molecule has 1 heterocycles. The number of likely N-dealkylation sites (N-methyl/N-ethyl adjacent to an activating group) is 1. The van der Waals surface area contributed by atoms with Crippen LogP contribution in [-0.4, -0.2) is 156 Å². The number of nitrogens with one attached hydrogen (secondary N) is 8. The minimum absolute atomic E-state index is 0.0166. The number of nitrogens with two attached hydrogens (primary N) is 2. The van der Waals surface area contributed by atoms with E-state index in [0.717, 1.165) is 0 Å². The molecule has 0 aromatic carbocycles. The van der Waals surface area contributed by atoms with Crippen LogP contribution in [0.15, 0.2) is 4.99 Å². The third-order valence-electron chi connectivity index (χ3n) is 11.3. The first-order valence-corrected chi connectivity index (χ1v) is 22.5. The van der Waals surface area contributed by atoms with Crippen molar-refractivity contribution in [2.45, 2.75) is 155 Å². The molecular weight excluding hydrogens is 849 g/mol. The highest BCUT2D eigenvalue weighted by Crippen LogP contribution is 2.20. The quantitative estimate of drug-likeness (QED) is 0.0206. The van der Waals surface area contributed by atoms with Crippen molar-refractivity contribution in [2.75, 3.05) is 33.2 Å². The van der Waals surface area contributed by atoms with Crippen LogP contribution in [0, 0.1) is 17.8 Å². The zero-order valence-electron chi connectivity index (χ0n) is 39.5. The van der Waals surface area contributed by atoms with Crippen LogP contribution in [0.1, 0.15) is 107 Å². The van der Waals surface area contributed by atoms with Crippen LogP contribution in [-0.2, 0) is 43.2 Å². The minimum atomic E-state index is -1.61. The molecule has 8 amide bonds.